The summed E-state index contributed by atoms with van der Waals surface area (Å²) in [5.41, 5.74) is 1.64. The van der Waals surface area contributed by atoms with Crippen molar-refractivity contribution in [3.8, 4) is 11.5 Å². The molecule has 4 atom stereocenters. The fourth-order valence-electron chi connectivity index (χ4n) is 5.45. The molecule has 2 aromatic carbocycles. The Morgan fingerprint density at radius 2 is 2.00 bits per heavy atom. The molecule has 2 saturated heterocycles. The second-order valence-electron chi connectivity index (χ2n) is 9.13. The highest BCUT2D eigenvalue weighted by Gasteiger charge is 2.53. The Bertz CT molecular complexity index is 987. The van der Waals surface area contributed by atoms with Gasteiger partial charge in [0.05, 0.1) is 17.8 Å². The van der Waals surface area contributed by atoms with Crippen LogP contribution in [0.25, 0.3) is 0 Å². The van der Waals surface area contributed by atoms with Crippen LogP contribution < -0.4 is 4.74 Å². The standard InChI is InChI=1S/C24H27NO5/c1-24(2)17-12-18-20(29-21(17)16-8-5-9-19(26)22(16)30-24)10-11-25(18)13-14-6-3-4-7-15(14)23(27)28/h3-9,17-18,20-21,26H,10-13H2,1-2H3,(H,27,28)/t17-,18+,20-,21+/m1/s1. The molecule has 3 aliphatic rings. The van der Waals surface area contributed by atoms with Gasteiger partial charge in [-0.25, -0.2) is 4.79 Å². The van der Waals surface area contributed by atoms with Crippen LogP contribution in [0.4, 0.5) is 0 Å². The first-order valence-electron chi connectivity index (χ1n) is 10.6. The monoisotopic (exact) mass is 409 g/mol. The summed E-state index contributed by atoms with van der Waals surface area (Å²) < 4.78 is 12.9. The molecule has 0 aromatic heterocycles. The van der Waals surface area contributed by atoms with E-state index in [-0.39, 0.29) is 29.9 Å². The number of nitrogens with zero attached hydrogens (tertiary/aromatic N) is 1. The maximum Gasteiger partial charge on any atom is 0.336 e. The second-order valence-corrected chi connectivity index (χ2v) is 9.13. The summed E-state index contributed by atoms with van der Waals surface area (Å²) in [7, 11) is 0. The SMILES string of the molecule is CC1(C)Oc2c(O)cccc2[C@@H]2O[C@@H]3CCN(Cc4ccccc4C(=O)O)[C@H]3C[C@H]21. The lowest BCUT2D eigenvalue weighted by Gasteiger charge is -2.50. The van der Waals surface area contributed by atoms with Crippen molar-refractivity contribution in [1.29, 1.82) is 0 Å². The summed E-state index contributed by atoms with van der Waals surface area (Å²) in [6, 6.07) is 12.9. The summed E-state index contributed by atoms with van der Waals surface area (Å²) in [5, 5.41) is 19.8. The van der Waals surface area contributed by atoms with Crippen LogP contribution in [0.3, 0.4) is 0 Å². The number of likely N-dealkylation sites (tertiary alicyclic amines) is 1. The minimum atomic E-state index is -0.889. The number of hydrogen-bond acceptors (Lipinski definition) is 5. The van der Waals surface area contributed by atoms with Crippen LogP contribution in [0, 0.1) is 5.92 Å². The van der Waals surface area contributed by atoms with Crippen LogP contribution in [-0.2, 0) is 11.3 Å². The Balaban J connectivity index is 1.43. The molecule has 0 radical (unpaired) electrons. The Morgan fingerprint density at radius 3 is 2.80 bits per heavy atom. The zero-order valence-corrected chi connectivity index (χ0v) is 17.2. The molecule has 3 heterocycles. The topological polar surface area (TPSA) is 79.2 Å². The van der Waals surface area contributed by atoms with Gasteiger partial charge in [0.2, 0.25) is 0 Å². The number of phenols is 1. The van der Waals surface area contributed by atoms with Crippen molar-refractivity contribution in [3.63, 3.8) is 0 Å². The van der Waals surface area contributed by atoms with Crippen molar-refractivity contribution >= 4 is 5.97 Å². The zero-order chi connectivity index (χ0) is 21.0. The molecule has 0 amide bonds. The molecule has 3 aliphatic heterocycles. The molecule has 6 nitrogen and oxygen atoms in total. The lowest BCUT2D eigenvalue weighted by atomic mass is 9.74. The zero-order valence-electron chi connectivity index (χ0n) is 17.2. The van der Waals surface area contributed by atoms with Gasteiger partial charge in [0.1, 0.15) is 5.60 Å². The Kier molecular flexibility index (Phi) is 4.52. The van der Waals surface area contributed by atoms with Gasteiger partial charge >= 0.3 is 5.97 Å². The molecule has 0 bridgehead atoms. The first kappa shape index (κ1) is 19.4. The van der Waals surface area contributed by atoms with Gasteiger partial charge < -0.3 is 19.7 Å². The lowest BCUT2D eigenvalue weighted by Crippen LogP contribution is -2.53. The van der Waals surface area contributed by atoms with E-state index in [4.69, 9.17) is 9.47 Å². The van der Waals surface area contributed by atoms with Gasteiger partial charge in [-0.1, -0.05) is 30.3 Å². The van der Waals surface area contributed by atoms with E-state index in [9.17, 15) is 15.0 Å². The Hall–Kier alpha value is -2.57. The van der Waals surface area contributed by atoms with Gasteiger partial charge in [0.25, 0.3) is 0 Å². The van der Waals surface area contributed by atoms with Crippen molar-refractivity contribution in [1.82, 2.24) is 4.90 Å². The molecule has 6 heteroatoms. The fourth-order valence-corrected chi connectivity index (χ4v) is 5.45. The van der Waals surface area contributed by atoms with Crippen LogP contribution in [0.5, 0.6) is 11.5 Å². The molecule has 2 N–H and O–H groups in total. The van der Waals surface area contributed by atoms with E-state index in [0.29, 0.717) is 17.9 Å². The van der Waals surface area contributed by atoms with Crippen molar-refractivity contribution in [2.24, 2.45) is 5.92 Å². The number of carbonyl (C=O) groups is 1. The second kappa shape index (κ2) is 7.00. The summed E-state index contributed by atoms with van der Waals surface area (Å²) in [4.78, 5) is 14.0. The van der Waals surface area contributed by atoms with Gasteiger partial charge in [-0.2, -0.15) is 0 Å². The minimum Gasteiger partial charge on any atom is -0.504 e. The number of hydrogen-bond donors (Lipinski definition) is 2. The van der Waals surface area contributed by atoms with Gasteiger partial charge in [0.15, 0.2) is 11.5 Å². The molecule has 0 spiro atoms. The van der Waals surface area contributed by atoms with Crippen LogP contribution >= 0.6 is 0 Å². The molecule has 30 heavy (non-hydrogen) atoms. The summed E-state index contributed by atoms with van der Waals surface area (Å²) in [6.45, 7) is 5.59. The number of carboxylic acids is 1. The highest BCUT2D eigenvalue weighted by Crippen LogP contribution is 2.54. The van der Waals surface area contributed by atoms with E-state index in [2.05, 4.69) is 18.7 Å². The van der Waals surface area contributed by atoms with Crippen LogP contribution in [0.15, 0.2) is 42.5 Å². The van der Waals surface area contributed by atoms with Crippen molar-refractivity contribution < 1.29 is 24.5 Å². The first-order chi connectivity index (χ1) is 14.3. The molecule has 0 saturated carbocycles. The maximum atomic E-state index is 11.6. The van der Waals surface area contributed by atoms with Crippen molar-refractivity contribution in [2.45, 2.75) is 57.1 Å². The summed E-state index contributed by atoms with van der Waals surface area (Å²) >= 11 is 0. The smallest absolute Gasteiger partial charge is 0.336 e. The average Bonchev–Trinajstić information content (AvgIpc) is 3.10. The number of rotatable bonds is 3. The van der Waals surface area contributed by atoms with Gasteiger partial charge in [-0.3, -0.25) is 4.90 Å². The molecule has 5 rings (SSSR count). The predicted molar refractivity (Wildman–Crippen MR) is 111 cm³/mol. The van der Waals surface area contributed by atoms with Gasteiger partial charge in [-0.05, 0) is 44.4 Å². The number of para-hydroxylation sites is 1. The number of ether oxygens (including phenoxy) is 2. The first-order valence-corrected chi connectivity index (χ1v) is 10.6. The van der Waals surface area contributed by atoms with E-state index < -0.39 is 11.6 Å². The number of aromatic hydroxyl groups is 1. The molecular formula is C24H27NO5. The number of fused-ring (bicyclic) bond motifs is 4. The Labute approximate surface area is 176 Å². The van der Waals surface area contributed by atoms with E-state index in [1.807, 2.05) is 24.3 Å². The van der Waals surface area contributed by atoms with Crippen LogP contribution in [-0.4, -0.2) is 45.4 Å². The quantitative estimate of drug-likeness (QED) is 0.798. The van der Waals surface area contributed by atoms with Crippen LogP contribution in [0.1, 0.15) is 54.3 Å². The molecule has 2 fully saturated rings. The third kappa shape index (κ3) is 3.06. The van der Waals surface area contributed by atoms with Crippen molar-refractivity contribution in [3.05, 3.63) is 59.2 Å². The molecule has 0 aliphatic carbocycles. The van der Waals surface area contributed by atoms with E-state index >= 15 is 0 Å². The average molecular weight is 409 g/mol. The lowest BCUT2D eigenvalue weighted by molar-refractivity contribution is -0.163. The Morgan fingerprint density at radius 1 is 1.20 bits per heavy atom. The van der Waals surface area contributed by atoms with E-state index in [0.717, 1.165) is 30.5 Å². The molecule has 158 valence electrons. The van der Waals surface area contributed by atoms with Gasteiger partial charge in [0, 0.05) is 30.6 Å². The number of benzene rings is 2. The minimum absolute atomic E-state index is 0.0901. The van der Waals surface area contributed by atoms with E-state index in [1.165, 1.54) is 0 Å². The molecular weight excluding hydrogens is 382 g/mol. The highest BCUT2D eigenvalue weighted by atomic mass is 16.5. The highest BCUT2D eigenvalue weighted by molar-refractivity contribution is 5.89. The normalized spacial score (nSPS) is 29.4. The molecule has 0 unspecified atom stereocenters. The fraction of sp³-hybridized carbons (Fsp3) is 0.458. The third-order valence-corrected chi connectivity index (χ3v) is 6.99. The van der Waals surface area contributed by atoms with Gasteiger partial charge in [-0.15, -0.1) is 0 Å². The largest absolute Gasteiger partial charge is 0.504 e. The van der Waals surface area contributed by atoms with Crippen molar-refractivity contribution in [2.75, 3.05) is 6.54 Å². The predicted octanol–water partition coefficient (Wildman–Crippen LogP) is 3.98. The number of phenolic OH excluding ortho intramolecular Hbond substituents is 1. The summed E-state index contributed by atoms with van der Waals surface area (Å²) in [6.07, 6.45) is 1.81. The van der Waals surface area contributed by atoms with Crippen LogP contribution in [0.2, 0.25) is 0 Å². The van der Waals surface area contributed by atoms with E-state index in [1.54, 1.807) is 18.2 Å². The number of carboxylic acid groups (broad SMARTS) is 1. The molecule has 2 aromatic rings. The summed E-state index contributed by atoms with van der Waals surface area (Å²) in [5.74, 6) is -0.0570. The number of aromatic carboxylic acids is 1. The maximum absolute atomic E-state index is 11.6. The third-order valence-electron chi connectivity index (χ3n) is 6.99.